The molecule has 1 heterocycles. The minimum atomic E-state index is -0.947. The quantitative estimate of drug-likeness (QED) is 0.277. The van der Waals surface area contributed by atoms with E-state index in [4.69, 9.17) is 0 Å². The van der Waals surface area contributed by atoms with Gasteiger partial charge in [-0.25, -0.2) is 9.13 Å². The number of unbranched alkanes of at least 4 members (excludes halogenated alkanes) is 10. The lowest BCUT2D eigenvalue weighted by molar-refractivity contribution is -0.704. The molecule has 0 radical (unpaired) electrons. The number of carboxylic acid groups (broad SMARTS) is 1. The van der Waals surface area contributed by atoms with Crippen molar-refractivity contribution in [3.05, 3.63) is 18.2 Å². The molecule has 0 saturated carbocycles. The van der Waals surface area contributed by atoms with Crippen LogP contribution in [0.2, 0.25) is 0 Å². The van der Waals surface area contributed by atoms with Crippen molar-refractivity contribution >= 4 is 5.97 Å². The maximum absolute atomic E-state index is 10.7. The lowest BCUT2D eigenvalue weighted by Gasteiger charge is -2.06. The highest BCUT2D eigenvalue weighted by Crippen LogP contribution is 2.12. The molecule has 27 heavy (non-hydrogen) atoms. The van der Waals surface area contributed by atoms with Crippen LogP contribution in [0, 0.1) is 0 Å². The Morgan fingerprint density at radius 1 is 0.889 bits per heavy atom. The second-order valence-electron chi connectivity index (χ2n) is 7.86. The molecule has 0 aliphatic heterocycles. The third-order valence-electron chi connectivity index (χ3n) is 5.38. The fourth-order valence-corrected chi connectivity index (χ4v) is 3.69. The molecule has 0 spiro atoms. The van der Waals surface area contributed by atoms with Crippen LogP contribution in [0.15, 0.2) is 12.4 Å². The molecule has 4 heteroatoms. The van der Waals surface area contributed by atoms with Crippen LogP contribution >= 0.6 is 0 Å². The summed E-state index contributed by atoms with van der Waals surface area (Å²) < 4.78 is 4.63. The van der Waals surface area contributed by atoms with Crippen LogP contribution in [0.1, 0.15) is 110 Å². The lowest BCUT2D eigenvalue weighted by Crippen LogP contribution is -2.38. The van der Waals surface area contributed by atoms with E-state index in [-0.39, 0.29) is 6.42 Å². The largest absolute Gasteiger partial charge is 0.550 e. The zero-order valence-electron chi connectivity index (χ0n) is 17.9. The normalized spacial score (nSPS) is 11.2. The molecule has 0 atom stereocenters. The van der Waals surface area contributed by atoms with Gasteiger partial charge in [0.15, 0.2) is 0 Å². The number of carboxylic acids is 1. The highest BCUT2D eigenvalue weighted by atomic mass is 16.4. The molecular weight excluding hydrogens is 336 g/mol. The van der Waals surface area contributed by atoms with Crippen LogP contribution in [0.3, 0.4) is 0 Å². The number of aryl methyl sites for hydroxylation is 2. The monoisotopic (exact) mass is 378 g/mol. The van der Waals surface area contributed by atoms with E-state index in [2.05, 4.69) is 35.4 Å². The first-order valence-electron chi connectivity index (χ1n) is 11.5. The maximum atomic E-state index is 10.7. The summed E-state index contributed by atoms with van der Waals surface area (Å²) in [5, 5.41) is 10.7. The van der Waals surface area contributed by atoms with Gasteiger partial charge >= 0.3 is 0 Å². The molecule has 156 valence electrons. The van der Waals surface area contributed by atoms with Crippen molar-refractivity contribution in [2.75, 3.05) is 0 Å². The fraction of sp³-hybridized carbons (Fsp3) is 0.826. The summed E-state index contributed by atoms with van der Waals surface area (Å²) in [6, 6.07) is 0. The summed E-state index contributed by atoms with van der Waals surface area (Å²) in [5.74, 6) is 0.415. The predicted molar refractivity (Wildman–Crippen MR) is 109 cm³/mol. The highest BCUT2D eigenvalue weighted by Gasteiger charge is 2.16. The second kappa shape index (κ2) is 15.7. The molecule has 0 fully saturated rings. The first kappa shape index (κ1) is 23.7. The summed E-state index contributed by atoms with van der Waals surface area (Å²) in [4.78, 5) is 10.7. The number of hydrogen-bond donors (Lipinski definition) is 0. The minimum Gasteiger partial charge on any atom is -0.550 e. The second-order valence-corrected chi connectivity index (χ2v) is 7.86. The Hall–Kier alpha value is -1.32. The SMILES string of the molecule is CCCCCCCCCCCCc1n(CCCC)cc[n+]1CCCC(=O)[O-]. The number of rotatable bonds is 18. The van der Waals surface area contributed by atoms with Gasteiger partial charge in [0.2, 0.25) is 0 Å². The molecule has 0 N–H and O–H groups in total. The van der Waals surface area contributed by atoms with E-state index in [0.29, 0.717) is 6.42 Å². The van der Waals surface area contributed by atoms with Gasteiger partial charge in [0.25, 0.3) is 5.82 Å². The molecule has 0 aliphatic carbocycles. The predicted octanol–water partition coefficient (Wildman–Crippen LogP) is 4.57. The van der Waals surface area contributed by atoms with Gasteiger partial charge < -0.3 is 9.90 Å². The van der Waals surface area contributed by atoms with Gasteiger partial charge in [-0.3, -0.25) is 0 Å². The van der Waals surface area contributed by atoms with Gasteiger partial charge in [-0.15, -0.1) is 0 Å². The smallest absolute Gasteiger partial charge is 0.256 e. The van der Waals surface area contributed by atoms with Crippen molar-refractivity contribution in [2.24, 2.45) is 0 Å². The van der Waals surface area contributed by atoms with Gasteiger partial charge in [0, 0.05) is 12.4 Å². The average Bonchev–Trinajstić information content (AvgIpc) is 3.03. The van der Waals surface area contributed by atoms with Crippen molar-refractivity contribution in [3.63, 3.8) is 0 Å². The topological polar surface area (TPSA) is 48.9 Å². The number of carbonyl (C=O) groups is 1. The summed E-state index contributed by atoms with van der Waals surface area (Å²) in [7, 11) is 0. The van der Waals surface area contributed by atoms with E-state index < -0.39 is 5.97 Å². The molecule has 0 bridgehead atoms. The first-order chi connectivity index (χ1) is 13.2. The molecule has 0 unspecified atom stereocenters. The average molecular weight is 379 g/mol. The maximum Gasteiger partial charge on any atom is 0.256 e. The molecule has 1 rings (SSSR count). The Bertz CT molecular complexity index is 497. The van der Waals surface area contributed by atoms with Crippen LogP contribution in [-0.2, 0) is 24.3 Å². The molecule has 0 aliphatic rings. The standard InChI is InChI=1S/C23H42N2O2/c1-3-5-7-8-9-10-11-12-13-14-16-22-24(18-6-4-2)20-21-25(22)19-15-17-23(26)27/h20-21H,3-19H2,1-2H3. The van der Waals surface area contributed by atoms with E-state index in [1.807, 2.05) is 0 Å². The summed E-state index contributed by atoms with van der Waals surface area (Å²) >= 11 is 0. The van der Waals surface area contributed by atoms with Gasteiger partial charge in [-0.2, -0.15) is 0 Å². The number of hydrogen-bond acceptors (Lipinski definition) is 2. The lowest BCUT2D eigenvalue weighted by atomic mass is 10.1. The summed E-state index contributed by atoms with van der Waals surface area (Å²) in [6.45, 7) is 6.34. The van der Waals surface area contributed by atoms with Gasteiger partial charge in [0.1, 0.15) is 12.4 Å². The van der Waals surface area contributed by atoms with Gasteiger partial charge in [0.05, 0.1) is 13.1 Å². The molecule has 0 saturated heterocycles. The molecule has 0 amide bonds. The number of nitrogens with zero attached hydrogens (tertiary/aromatic N) is 2. The zero-order valence-corrected chi connectivity index (χ0v) is 17.9. The Balaban J connectivity index is 2.31. The number of imidazole rings is 1. The van der Waals surface area contributed by atoms with Crippen molar-refractivity contribution in [1.82, 2.24) is 4.57 Å². The molecule has 1 aromatic rings. The van der Waals surface area contributed by atoms with Gasteiger partial charge in [-0.1, -0.05) is 78.1 Å². The number of aliphatic carboxylic acids is 1. The molecule has 1 aromatic heterocycles. The number of aromatic nitrogens is 2. The van der Waals surface area contributed by atoms with Crippen LogP contribution < -0.4 is 9.67 Å². The van der Waals surface area contributed by atoms with E-state index >= 15 is 0 Å². The zero-order chi connectivity index (χ0) is 19.7. The Morgan fingerprint density at radius 3 is 2.07 bits per heavy atom. The van der Waals surface area contributed by atoms with E-state index in [0.717, 1.165) is 19.5 Å². The summed E-state index contributed by atoms with van der Waals surface area (Å²) in [6.07, 6.45) is 22.1. The fourth-order valence-electron chi connectivity index (χ4n) is 3.69. The molecular formula is C23H42N2O2. The van der Waals surface area contributed by atoms with Crippen LogP contribution in [0.25, 0.3) is 0 Å². The van der Waals surface area contributed by atoms with Crippen molar-refractivity contribution < 1.29 is 14.5 Å². The Labute approximate surface area is 167 Å². The van der Waals surface area contributed by atoms with Crippen molar-refractivity contribution in [3.8, 4) is 0 Å². The van der Waals surface area contributed by atoms with E-state index in [9.17, 15) is 9.90 Å². The highest BCUT2D eigenvalue weighted by molar-refractivity contribution is 5.63. The van der Waals surface area contributed by atoms with Crippen molar-refractivity contribution in [1.29, 1.82) is 0 Å². The Morgan fingerprint density at radius 2 is 1.48 bits per heavy atom. The first-order valence-corrected chi connectivity index (χ1v) is 11.5. The van der Waals surface area contributed by atoms with Crippen molar-refractivity contribution in [2.45, 2.75) is 123 Å². The Kier molecular flexibility index (Phi) is 13.8. The third-order valence-corrected chi connectivity index (χ3v) is 5.38. The summed E-state index contributed by atoms with van der Waals surface area (Å²) in [5.41, 5.74) is 0. The van der Waals surface area contributed by atoms with E-state index in [1.165, 1.54) is 82.9 Å². The van der Waals surface area contributed by atoms with E-state index in [1.54, 1.807) is 0 Å². The van der Waals surface area contributed by atoms with Gasteiger partial charge in [-0.05, 0) is 25.7 Å². The third kappa shape index (κ3) is 11.2. The number of carbonyl (C=O) groups excluding carboxylic acids is 1. The molecule has 4 nitrogen and oxygen atoms in total. The molecule has 0 aromatic carbocycles. The van der Waals surface area contributed by atoms with Crippen LogP contribution in [0.5, 0.6) is 0 Å². The minimum absolute atomic E-state index is 0.144. The van der Waals surface area contributed by atoms with Crippen LogP contribution in [0.4, 0.5) is 0 Å². The van der Waals surface area contributed by atoms with Crippen LogP contribution in [-0.4, -0.2) is 10.5 Å².